The predicted molar refractivity (Wildman–Crippen MR) is 103 cm³/mol. The highest BCUT2D eigenvalue weighted by atomic mass is 32.1. The third kappa shape index (κ3) is 2.95. The number of rotatable bonds is 3. The van der Waals surface area contributed by atoms with E-state index in [0.717, 1.165) is 16.0 Å². The van der Waals surface area contributed by atoms with Gasteiger partial charge in [0, 0.05) is 46.4 Å². The summed E-state index contributed by atoms with van der Waals surface area (Å²) in [6, 6.07) is 15.6. The maximum Gasteiger partial charge on any atom is 0.102 e. The van der Waals surface area contributed by atoms with Crippen molar-refractivity contribution in [2.75, 3.05) is 0 Å². The standard InChI is InChI=1S/C21H11N5S/c22-12-16-19(18-2-1-11-27-18)17(13-23)21(15-5-9-25-10-6-15)26-20(16)14-3-7-24-8-4-14/h1-11H. The van der Waals surface area contributed by atoms with Crippen molar-refractivity contribution >= 4 is 11.3 Å². The molecule has 6 heteroatoms. The maximum absolute atomic E-state index is 9.92. The first kappa shape index (κ1) is 16.6. The van der Waals surface area contributed by atoms with E-state index in [2.05, 4.69) is 22.1 Å². The van der Waals surface area contributed by atoms with E-state index in [9.17, 15) is 10.5 Å². The number of hydrogen-bond acceptors (Lipinski definition) is 6. The van der Waals surface area contributed by atoms with Gasteiger partial charge in [-0.2, -0.15) is 10.5 Å². The third-order valence-corrected chi connectivity index (χ3v) is 4.98. The summed E-state index contributed by atoms with van der Waals surface area (Å²) in [4.78, 5) is 13.7. The second kappa shape index (κ2) is 7.17. The summed E-state index contributed by atoms with van der Waals surface area (Å²) >= 11 is 1.49. The molecule has 0 aliphatic rings. The molecule has 0 aliphatic heterocycles. The SMILES string of the molecule is N#Cc1c(-c2ccncc2)nc(-c2ccncc2)c(C#N)c1-c1cccs1. The molecule has 0 bridgehead atoms. The monoisotopic (exact) mass is 365 g/mol. The zero-order valence-electron chi connectivity index (χ0n) is 14.0. The van der Waals surface area contributed by atoms with Gasteiger partial charge >= 0.3 is 0 Å². The molecule has 5 nitrogen and oxygen atoms in total. The van der Waals surface area contributed by atoms with Crippen molar-refractivity contribution in [2.24, 2.45) is 0 Å². The van der Waals surface area contributed by atoms with Crippen LogP contribution < -0.4 is 0 Å². The van der Waals surface area contributed by atoms with E-state index in [0.29, 0.717) is 28.1 Å². The molecular formula is C21H11N5S. The van der Waals surface area contributed by atoms with Gasteiger partial charge in [-0.3, -0.25) is 9.97 Å². The van der Waals surface area contributed by atoms with Crippen molar-refractivity contribution in [1.82, 2.24) is 15.0 Å². The average molecular weight is 365 g/mol. The first-order valence-corrected chi connectivity index (χ1v) is 8.94. The van der Waals surface area contributed by atoms with Crippen LogP contribution in [0.3, 0.4) is 0 Å². The van der Waals surface area contributed by atoms with E-state index >= 15 is 0 Å². The van der Waals surface area contributed by atoms with Crippen molar-refractivity contribution < 1.29 is 0 Å². The third-order valence-electron chi connectivity index (χ3n) is 4.10. The van der Waals surface area contributed by atoms with Crippen LogP contribution in [0.25, 0.3) is 33.0 Å². The van der Waals surface area contributed by atoms with E-state index < -0.39 is 0 Å². The minimum absolute atomic E-state index is 0.387. The zero-order chi connectivity index (χ0) is 18.6. The molecule has 0 aromatic carbocycles. The highest BCUT2D eigenvalue weighted by Gasteiger charge is 2.23. The summed E-state index contributed by atoms with van der Waals surface area (Å²) in [5.74, 6) is 0. The Morgan fingerprint density at radius 3 is 1.67 bits per heavy atom. The summed E-state index contributed by atoms with van der Waals surface area (Å²) in [5, 5.41) is 21.8. The van der Waals surface area contributed by atoms with Crippen LogP contribution in [0.1, 0.15) is 11.1 Å². The van der Waals surface area contributed by atoms with Crippen LogP contribution in [0, 0.1) is 22.7 Å². The molecule has 4 rings (SSSR count). The fraction of sp³-hybridized carbons (Fsp3) is 0. The molecule has 4 heterocycles. The number of hydrogen-bond donors (Lipinski definition) is 0. The average Bonchev–Trinajstić information content (AvgIpc) is 3.28. The van der Waals surface area contributed by atoms with Crippen LogP contribution in [0.4, 0.5) is 0 Å². The molecule has 126 valence electrons. The lowest BCUT2D eigenvalue weighted by molar-refractivity contribution is 1.25. The van der Waals surface area contributed by atoms with E-state index in [1.807, 2.05) is 41.8 Å². The Morgan fingerprint density at radius 1 is 0.741 bits per heavy atom. The fourth-order valence-corrected chi connectivity index (χ4v) is 3.69. The molecule has 0 atom stereocenters. The van der Waals surface area contributed by atoms with Gasteiger partial charge in [-0.1, -0.05) is 6.07 Å². The minimum Gasteiger partial charge on any atom is -0.265 e. The normalized spacial score (nSPS) is 10.1. The van der Waals surface area contributed by atoms with Crippen LogP contribution in [0.15, 0.2) is 66.6 Å². The number of nitriles is 2. The molecule has 0 saturated heterocycles. The quantitative estimate of drug-likeness (QED) is 0.526. The Labute approximate surface area is 159 Å². The van der Waals surface area contributed by atoms with Gasteiger partial charge in [0.05, 0.1) is 22.5 Å². The summed E-state index contributed by atoms with van der Waals surface area (Å²) in [7, 11) is 0. The fourth-order valence-electron chi connectivity index (χ4n) is 2.91. The van der Waals surface area contributed by atoms with Crippen molar-refractivity contribution in [1.29, 1.82) is 10.5 Å². The van der Waals surface area contributed by atoms with Crippen LogP contribution >= 0.6 is 11.3 Å². The lowest BCUT2D eigenvalue weighted by Crippen LogP contribution is -2.01. The lowest BCUT2D eigenvalue weighted by atomic mass is 9.93. The molecule has 27 heavy (non-hydrogen) atoms. The Morgan fingerprint density at radius 2 is 1.26 bits per heavy atom. The number of aromatic nitrogens is 3. The molecule has 4 aromatic rings. The number of pyridine rings is 3. The first-order chi connectivity index (χ1) is 13.3. The Balaban J connectivity index is 2.15. The van der Waals surface area contributed by atoms with Gasteiger partial charge in [-0.25, -0.2) is 4.98 Å². The predicted octanol–water partition coefficient (Wildman–Crippen LogP) is 4.68. The summed E-state index contributed by atoms with van der Waals surface area (Å²) in [6.45, 7) is 0. The number of thiophene rings is 1. The van der Waals surface area contributed by atoms with Crippen LogP contribution in [-0.2, 0) is 0 Å². The molecule has 0 spiro atoms. The molecule has 4 aromatic heterocycles. The summed E-state index contributed by atoms with van der Waals surface area (Å²) in [6.07, 6.45) is 6.64. The van der Waals surface area contributed by atoms with E-state index in [-0.39, 0.29) is 0 Å². The Kier molecular flexibility index (Phi) is 4.40. The van der Waals surface area contributed by atoms with Gasteiger partial charge in [-0.15, -0.1) is 11.3 Å². The summed E-state index contributed by atoms with van der Waals surface area (Å²) in [5.41, 5.74) is 4.01. The molecule has 0 radical (unpaired) electrons. The second-order valence-electron chi connectivity index (χ2n) is 5.61. The van der Waals surface area contributed by atoms with Crippen molar-refractivity contribution in [3.8, 4) is 45.1 Å². The van der Waals surface area contributed by atoms with Crippen molar-refractivity contribution in [3.63, 3.8) is 0 Å². The Bertz CT molecular complexity index is 1100. The van der Waals surface area contributed by atoms with Crippen molar-refractivity contribution in [2.45, 2.75) is 0 Å². The second-order valence-corrected chi connectivity index (χ2v) is 6.55. The Hall–Kier alpha value is -3.87. The van der Waals surface area contributed by atoms with E-state index in [1.165, 1.54) is 11.3 Å². The van der Waals surface area contributed by atoms with Crippen molar-refractivity contribution in [3.05, 3.63) is 77.7 Å². The van der Waals surface area contributed by atoms with Gasteiger partial charge in [0.2, 0.25) is 0 Å². The molecule has 0 N–H and O–H groups in total. The molecule has 0 amide bonds. The van der Waals surface area contributed by atoms with Gasteiger partial charge in [0.15, 0.2) is 0 Å². The zero-order valence-corrected chi connectivity index (χ0v) is 14.8. The topological polar surface area (TPSA) is 86.2 Å². The van der Waals surface area contributed by atoms with Gasteiger partial charge in [0.1, 0.15) is 12.1 Å². The minimum atomic E-state index is 0.387. The lowest BCUT2D eigenvalue weighted by Gasteiger charge is -2.14. The van der Waals surface area contributed by atoms with Crippen LogP contribution in [0.5, 0.6) is 0 Å². The first-order valence-electron chi connectivity index (χ1n) is 8.06. The van der Waals surface area contributed by atoms with Gasteiger partial charge in [0.25, 0.3) is 0 Å². The molecule has 0 aliphatic carbocycles. The summed E-state index contributed by atoms with van der Waals surface area (Å²) < 4.78 is 0. The van der Waals surface area contributed by atoms with Crippen LogP contribution in [0.2, 0.25) is 0 Å². The smallest absolute Gasteiger partial charge is 0.102 e. The molecule has 0 fully saturated rings. The largest absolute Gasteiger partial charge is 0.265 e. The number of nitrogens with zero attached hydrogens (tertiary/aromatic N) is 5. The molecular weight excluding hydrogens is 354 g/mol. The van der Waals surface area contributed by atoms with Gasteiger partial charge < -0.3 is 0 Å². The maximum atomic E-state index is 9.92. The van der Waals surface area contributed by atoms with Gasteiger partial charge in [-0.05, 0) is 35.7 Å². The molecule has 0 unspecified atom stereocenters. The van der Waals surface area contributed by atoms with E-state index in [4.69, 9.17) is 4.98 Å². The highest BCUT2D eigenvalue weighted by molar-refractivity contribution is 7.13. The van der Waals surface area contributed by atoms with Crippen LogP contribution in [-0.4, -0.2) is 15.0 Å². The van der Waals surface area contributed by atoms with E-state index in [1.54, 1.807) is 24.8 Å². The molecule has 0 saturated carbocycles. The highest BCUT2D eigenvalue weighted by Crippen LogP contribution is 2.39.